The lowest BCUT2D eigenvalue weighted by Crippen LogP contribution is -2.59. The zero-order valence-electron chi connectivity index (χ0n) is 14.8. The summed E-state index contributed by atoms with van der Waals surface area (Å²) in [6.45, 7) is 16.1. The Labute approximate surface area is 136 Å². The quantitative estimate of drug-likeness (QED) is 0.433. The topological polar surface area (TPSA) is 80.3 Å². The normalized spacial score (nSPS) is 24.4. The third-order valence-corrected chi connectivity index (χ3v) is 2.89. The molecule has 1 aliphatic rings. The molecule has 0 bridgehead atoms. The fraction of sp³-hybridized carbons (Fsp3) is 0.750. The molecule has 0 aromatic carbocycles. The monoisotopic (exact) mass is 330 g/mol. The molecule has 0 aromatic rings. The van der Waals surface area contributed by atoms with E-state index in [4.69, 9.17) is 19.1 Å². The van der Waals surface area contributed by atoms with Gasteiger partial charge in [-0.3, -0.25) is 0 Å². The summed E-state index contributed by atoms with van der Waals surface area (Å²) < 4.78 is 15.4. The number of carbonyl (C=O) groups excluding carboxylic acids is 2. The van der Waals surface area contributed by atoms with E-state index in [0.29, 0.717) is 6.42 Å². The first-order valence-corrected chi connectivity index (χ1v) is 7.37. The second kappa shape index (κ2) is 6.49. The van der Waals surface area contributed by atoms with Crippen molar-refractivity contribution in [2.75, 3.05) is 0 Å². The fourth-order valence-electron chi connectivity index (χ4n) is 2.34. The maximum Gasteiger partial charge on any atom is 0.511 e. The molecule has 0 N–H and O–H groups in total. The van der Waals surface area contributed by atoms with Crippen LogP contribution in [-0.2, 0) is 28.8 Å². The lowest BCUT2D eigenvalue weighted by atomic mass is 9.84. The third kappa shape index (κ3) is 5.84. The Morgan fingerprint density at radius 1 is 1.22 bits per heavy atom. The first-order valence-electron chi connectivity index (χ1n) is 7.37. The van der Waals surface area contributed by atoms with Gasteiger partial charge in [0.05, 0.1) is 0 Å². The van der Waals surface area contributed by atoms with Gasteiger partial charge in [0.1, 0.15) is 5.60 Å². The van der Waals surface area contributed by atoms with E-state index >= 15 is 0 Å². The molecule has 1 fully saturated rings. The Balaban J connectivity index is 2.59. The number of carbonyl (C=O) groups is 2. The van der Waals surface area contributed by atoms with Crippen molar-refractivity contribution in [3.05, 3.63) is 12.2 Å². The molecule has 132 valence electrons. The van der Waals surface area contributed by atoms with Gasteiger partial charge >= 0.3 is 24.2 Å². The molecule has 2 atom stereocenters. The summed E-state index contributed by atoms with van der Waals surface area (Å²) in [5, 5.41) is 0. The largest absolute Gasteiger partial charge is 0.511 e. The van der Waals surface area contributed by atoms with E-state index in [9.17, 15) is 9.59 Å². The summed E-state index contributed by atoms with van der Waals surface area (Å²) in [5.74, 6) is -2.23. The summed E-state index contributed by atoms with van der Waals surface area (Å²) >= 11 is 0. The van der Waals surface area contributed by atoms with E-state index in [2.05, 4.69) is 11.5 Å². The molecule has 1 heterocycles. The molecule has 23 heavy (non-hydrogen) atoms. The van der Waals surface area contributed by atoms with Crippen LogP contribution in [0.3, 0.4) is 0 Å². The van der Waals surface area contributed by atoms with Crippen LogP contribution in [-0.4, -0.2) is 29.8 Å². The number of hydrogen-bond donors (Lipinski definition) is 0. The molecule has 0 aliphatic carbocycles. The highest BCUT2D eigenvalue weighted by molar-refractivity contribution is 5.87. The van der Waals surface area contributed by atoms with Crippen molar-refractivity contribution in [1.82, 2.24) is 0 Å². The molecule has 2 unspecified atom stereocenters. The van der Waals surface area contributed by atoms with Crippen LogP contribution in [0.15, 0.2) is 12.2 Å². The van der Waals surface area contributed by atoms with Crippen molar-refractivity contribution in [3.8, 4) is 0 Å². The molecule has 7 nitrogen and oxygen atoms in total. The molecule has 7 heteroatoms. The molecule has 0 spiro atoms. The smallest absolute Gasteiger partial charge is 0.428 e. The summed E-state index contributed by atoms with van der Waals surface area (Å²) in [4.78, 5) is 32.9. The average Bonchev–Trinajstić information content (AvgIpc) is 2.29. The third-order valence-electron chi connectivity index (χ3n) is 2.89. The average molecular weight is 330 g/mol. The lowest BCUT2D eigenvalue weighted by molar-refractivity contribution is -0.595. The first-order chi connectivity index (χ1) is 10.2. The highest BCUT2D eigenvalue weighted by Gasteiger charge is 2.55. The Morgan fingerprint density at radius 2 is 1.78 bits per heavy atom. The van der Waals surface area contributed by atoms with Crippen LogP contribution in [0.25, 0.3) is 0 Å². The van der Waals surface area contributed by atoms with Gasteiger partial charge in [-0.25, -0.2) is 9.59 Å². The van der Waals surface area contributed by atoms with Crippen molar-refractivity contribution in [2.24, 2.45) is 5.41 Å². The fourth-order valence-corrected chi connectivity index (χ4v) is 2.34. The minimum atomic E-state index is -1.56. The molecule has 0 saturated carbocycles. The van der Waals surface area contributed by atoms with E-state index < -0.39 is 29.8 Å². The van der Waals surface area contributed by atoms with Gasteiger partial charge in [0.15, 0.2) is 0 Å². The van der Waals surface area contributed by atoms with Crippen LogP contribution >= 0.6 is 0 Å². The van der Waals surface area contributed by atoms with Gasteiger partial charge in [0.25, 0.3) is 0 Å². The van der Waals surface area contributed by atoms with Gasteiger partial charge in [-0.1, -0.05) is 27.4 Å². The first kappa shape index (κ1) is 19.4. The van der Waals surface area contributed by atoms with Gasteiger partial charge < -0.3 is 14.2 Å². The van der Waals surface area contributed by atoms with Crippen molar-refractivity contribution in [2.45, 2.75) is 72.6 Å². The number of rotatable bonds is 5. The van der Waals surface area contributed by atoms with E-state index in [-0.39, 0.29) is 11.0 Å². The van der Waals surface area contributed by atoms with Gasteiger partial charge in [-0.2, -0.15) is 9.78 Å². The van der Waals surface area contributed by atoms with E-state index in [1.165, 1.54) is 13.8 Å². The zero-order valence-corrected chi connectivity index (χ0v) is 14.8. The van der Waals surface area contributed by atoms with Crippen molar-refractivity contribution < 1.29 is 33.6 Å². The highest BCUT2D eigenvalue weighted by atomic mass is 17.3. The Bertz CT molecular complexity index is 489. The summed E-state index contributed by atoms with van der Waals surface area (Å²) in [6, 6.07) is 0. The highest BCUT2D eigenvalue weighted by Crippen LogP contribution is 2.35. The maximum absolute atomic E-state index is 12.0. The van der Waals surface area contributed by atoms with Gasteiger partial charge in [0, 0.05) is 12.5 Å². The van der Waals surface area contributed by atoms with Crippen LogP contribution in [0.1, 0.15) is 54.9 Å². The molecule has 1 saturated heterocycles. The van der Waals surface area contributed by atoms with Crippen molar-refractivity contribution in [3.63, 3.8) is 0 Å². The standard InChI is InChI=1S/C16H26O7/c1-10(2)11(17)19-12-16(8,23-22-12)21-13(18)20-15(6,7)9-14(3,4)5/h12H,1,9H2,2-8H3. The van der Waals surface area contributed by atoms with Crippen LogP contribution < -0.4 is 0 Å². The molecular weight excluding hydrogens is 304 g/mol. The SMILES string of the molecule is C=C(C)C(=O)OC1OOC1(C)OC(=O)OC(C)(C)CC(C)(C)C. The second-order valence-electron chi connectivity index (χ2n) is 7.66. The van der Waals surface area contributed by atoms with Gasteiger partial charge in [-0.15, -0.1) is 0 Å². The molecule has 0 radical (unpaired) electrons. The summed E-state index contributed by atoms with van der Waals surface area (Å²) in [7, 11) is 0. The zero-order chi connectivity index (χ0) is 18.1. The molecule has 0 amide bonds. The lowest BCUT2D eigenvalue weighted by Gasteiger charge is -2.41. The maximum atomic E-state index is 12.0. The minimum absolute atomic E-state index is 0.0245. The molecule has 0 aromatic heterocycles. The predicted molar refractivity (Wildman–Crippen MR) is 81.0 cm³/mol. The van der Waals surface area contributed by atoms with Crippen LogP contribution in [0.2, 0.25) is 0 Å². The van der Waals surface area contributed by atoms with Gasteiger partial charge in [-0.05, 0) is 32.6 Å². The Kier molecular flexibility index (Phi) is 5.49. The number of ether oxygens (including phenoxy) is 3. The number of hydrogen-bond acceptors (Lipinski definition) is 7. The van der Waals surface area contributed by atoms with Gasteiger partial charge in [0.2, 0.25) is 0 Å². The summed E-state index contributed by atoms with van der Waals surface area (Å²) in [6.07, 6.45) is -1.47. The predicted octanol–water partition coefficient (Wildman–Crippen LogP) is 3.48. The van der Waals surface area contributed by atoms with Crippen LogP contribution in [0.5, 0.6) is 0 Å². The van der Waals surface area contributed by atoms with E-state index in [1.54, 1.807) is 13.8 Å². The molecule has 1 rings (SSSR count). The number of esters is 1. The Hall–Kier alpha value is -1.60. The molecular formula is C16H26O7. The summed E-state index contributed by atoms with van der Waals surface area (Å²) in [5.41, 5.74) is -0.555. The molecule has 1 aliphatic heterocycles. The minimum Gasteiger partial charge on any atom is -0.428 e. The van der Waals surface area contributed by atoms with Crippen molar-refractivity contribution >= 4 is 12.1 Å². The van der Waals surface area contributed by atoms with Crippen LogP contribution in [0.4, 0.5) is 4.79 Å². The van der Waals surface area contributed by atoms with Crippen molar-refractivity contribution in [1.29, 1.82) is 0 Å². The second-order valence-corrected chi connectivity index (χ2v) is 7.66. The van der Waals surface area contributed by atoms with E-state index in [1.807, 2.05) is 20.8 Å². The Morgan fingerprint density at radius 3 is 2.17 bits per heavy atom. The van der Waals surface area contributed by atoms with Crippen LogP contribution in [0, 0.1) is 5.41 Å². The van der Waals surface area contributed by atoms with E-state index in [0.717, 1.165) is 0 Å².